The van der Waals surface area contributed by atoms with Crippen LogP contribution in [-0.4, -0.2) is 18.8 Å². The van der Waals surface area contributed by atoms with Crippen LogP contribution in [0.2, 0.25) is 0 Å². The largest absolute Gasteiger partial charge is 0.381 e. The fourth-order valence-electron chi connectivity index (χ4n) is 4.75. The monoisotopic (exact) mass is 239 g/mol. The van der Waals surface area contributed by atoms with Gasteiger partial charge in [0.1, 0.15) is 0 Å². The smallest absolute Gasteiger partial charge is 0.0511 e. The van der Waals surface area contributed by atoms with Crippen LogP contribution in [0.15, 0.2) is 0 Å². The van der Waals surface area contributed by atoms with E-state index in [2.05, 4.69) is 27.7 Å². The average Bonchev–Trinajstić information content (AvgIpc) is 2.13. The summed E-state index contributed by atoms with van der Waals surface area (Å²) in [5, 5.41) is 0. The molecule has 2 nitrogen and oxygen atoms in total. The van der Waals surface area contributed by atoms with Gasteiger partial charge in [0.15, 0.2) is 0 Å². The van der Waals surface area contributed by atoms with E-state index in [4.69, 9.17) is 10.5 Å². The van der Waals surface area contributed by atoms with E-state index in [0.717, 1.165) is 26.1 Å². The number of rotatable bonds is 1. The van der Waals surface area contributed by atoms with Crippen molar-refractivity contribution in [2.45, 2.75) is 65.3 Å². The molecule has 2 rings (SSSR count). The Morgan fingerprint density at radius 2 is 1.59 bits per heavy atom. The van der Waals surface area contributed by atoms with Gasteiger partial charge in [0, 0.05) is 18.1 Å². The normalized spacial score (nSPS) is 35.5. The van der Waals surface area contributed by atoms with E-state index < -0.39 is 0 Å². The maximum Gasteiger partial charge on any atom is 0.0511 e. The lowest BCUT2D eigenvalue weighted by Crippen LogP contribution is -2.58. The van der Waals surface area contributed by atoms with Gasteiger partial charge < -0.3 is 10.5 Å². The van der Waals surface area contributed by atoms with Crippen molar-refractivity contribution in [3.8, 4) is 0 Å². The third-order valence-electron chi connectivity index (χ3n) is 4.55. The van der Waals surface area contributed by atoms with Crippen molar-refractivity contribution < 1.29 is 4.74 Å². The molecular formula is C15H29NO. The van der Waals surface area contributed by atoms with Gasteiger partial charge >= 0.3 is 0 Å². The number of nitrogens with two attached hydrogens (primary N) is 1. The van der Waals surface area contributed by atoms with Crippen molar-refractivity contribution in [3.05, 3.63) is 0 Å². The van der Waals surface area contributed by atoms with Crippen molar-refractivity contribution >= 4 is 0 Å². The molecular weight excluding hydrogens is 210 g/mol. The van der Waals surface area contributed by atoms with Gasteiger partial charge in [0.2, 0.25) is 0 Å². The second-order valence-electron chi connectivity index (χ2n) is 8.01. The van der Waals surface area contributed by atoms with E-state index in [1.165, 1.54) is 19.3 Å². The Labute approximate surface area is 106 Å². The summed E-state index contributed by atoms with van der Waals surface area (Å²) in [4.78, 5) is 0. The fraction of sp³-hybridized carbons (Fsp3) is 1.00. The van der Waals surface area contributed by atoms with E-state index in [0.29, 0.717) is 16.7 Å². The lowest BCUT2D eigenvalue weighted by molar-refractivity contribution is -0.0376. The van der Waals surface area contributed by atoms with Gasteiger partial charge in [-0.3, -0.25) is 0 Å². The highest BCUT2D eigenvalue weighted by Crippen LogP contribution is 2.52. The predicted octanol–water partition coefficient (Wildman–Crippen LogP) is 3.35. The molecule has 1 aliphatic heterocycles. The Morgan fingerprint density at radius 3 is 2.06 bits per heavy atom. The maximum atomic E-state index is 6.81. The maximum absolute atomic E-state index is 6.81. The summed E-state index contributed by atoms with van der Waals surface area (Å²) < 4.78 is 5.66. The summed E-state index contributed by atoms with van der Waals surface area (Å²) >= 11 is 0. The third-order valence-corrected chi connectivity index (χ3v) is 4.55. The Morgan fingerprint density at radius 1 is 1.00 bits per heavy atom. The van der Waals surface area contributed by atoms with Crippen LogP contribution in [0.4, 0.5) is 0 Å². The number of hydrogen-bond donors (Lipinski definition) is 1. The molecule has 0 spiro atoms. The van der Waals surface area contributed by atoms with Gasteiger partial charge in [-0.05, 0) is 42.9 Å². The van der Waals surface area contributed by atoms with E-state index >= 15 is 0 Å². The van der Waals surface area contributed by atoms with Crippen LogP contribution in [0, 0.1) is 16.7 Å². The van der Waals surface area contributed by atoms with Gasteiger partial charge in [-0.15, -0.1) is 0 Å². The van der Waals surface area contributed by atoms with Gasteiger partial charge in [-0.25, -0.2) is 0 Å². The summed E-state index contributed by atoms with van der Waals surface area (Å²) in [6.07, 6.45) is 6.02. The van der Waals surface area contributed by atoms with Crippen LogP contribution in [0.3, 0.4) is 0 Å². The molecule has 2 fully saturated rings. The molecule has 2 N–H and O–H groups in total. The average molecular weight is 239 g/mol. The molecule has 1 unspecified atom stereocenters. The zero-order valence-electron chi connectivity index (χ0n) is 12.0. The highest BCUT2D eigenvalue weighted by molar-refractivity contribution is 5.04. The summed E-state index contributed by atoms with van der Waals surface area (Å²) in [5.74, 6) is 0.565. The quantitative estimate of drug-likeness (QED) is 0.761. The Bertz CT molecular complexity index is 261. The molecule has 1 saturated heterocycles. The van der Waals surface area contributed by atoms with E-state index in [1.54, 1.807) is 0 Å². The highest BCUT2D eigenvalue weighted by Gasteiger charge is 2.49. The zero-order chi connectivity index (χ0) is 12.7. The SMILES string of the molecule is CC1(C)CC(C)(C)CC(N)(C2CCCOC2)C1. The van der Waals surface area contributed by atoms with Gasteiger partial charge in [0.25, 0.3) is 0 Å². The molecule has 2 aliphatic rings. The van der Waals surface area contributed by atoms with Crippen molar-refractivity contribution in [3.63, 3.8) is 0 Å². The van der Waals surface area contributed by atoms with Crippen molar-refractivity contribution in [2.24, 2.45) is 22.5 Å². The zero-order valence-corrected chi connectivity index (χ0v) is 12.0. The lowest BCUT2D eigenvalue weighted by atomic mass is 9.55. The number of ether oxygens (including phenoxy) is 1. The Hall–Kier alpha value is -0.0800. The van der Waals surface area contributed by atoms with E-state index in [1.807, 2.05) is 0 Å². The molecule has 17 heavy (non-hydrogen) atoms. The Kier molecular flexibility index (Phi) is 3.33. The molecule has 0 aromatic rings. The summed E-state index contributed by atoms with van der Waals surface area (Å²) in [6, 6.07) is 0. The topological polar surface area (TPSA) is 35.2 Å². The Balaban J connectivity index is 2.17. The summed E-state index contributed by atoms with van der Waals surface area (Å²) in [5.41, 5.74) is 7.53. The van der Waals surface area contributed by atoms with Crippen molar-refractivity contribution in [2.75, 3.05) is 13.2 Å². The standard InChI is InChI=1S/C15H29NO/c1-13(2)9-14(3,4)11-15(16,10-13)12-6-5-7-17-8-12/h12H,5-11,16H2,1-4H3. The highest BCUT2D eigenvalue weighted by atomic mass is 16.5. The molecule has 0 aromatic heterocycles. The van der Waals surface area contributed by atoms with Gasteiger partial charge in [-0.2, -0.15) is 0 Å². The predicted molar refractivity (Wildman–Crippen MR) is 71.9 cm³/mol. The number of hydrogen-bond acceptors (Lipinski definition) is 2. The second-order valence-corrected chi connectivity index (χ2v) is 8.01. The van der Waals surface area contributed by atoms with E-state index in [-0.39, 0.29) is 5.54 Å². The molecule has 1 aliphatic carbocycles. The molecule has 0 bridgehead atoms. The first-order valence-corrected chi connectivity index (χ1v) is 7.09. The van der Waals surface area contributed by atoms with Crippen LogP contribution in [-0.2, 0) is 4.74 Å². The molecule has 0 aromatic carbocycles. The fourth-order valence-corrected chi connectivity index (χ4v) is 4.75. The van der Waals surface area contributed by atoms with E-state index in [9.17, 15) is 0 Å². The molecule has 1 atom stereocenters. The van der Waals surface area contributed by atoms with Gasteiger partial charge in [-0.1, -0.05) is 27.7 Å². The minimum Gasteiger partial charge on any atom is -0.381 e. The van der Waals surface area contributed by atoms with Crippen molar-refractivity contribution in [1.82, 2.24) is 0 Å². The molecule has 1 saturated carbocycles. The molecule has 1 heterocycles. The third kappa shape index (κ3) is 3.03. The molecule has 2 heteroatoms. The van der Waals surface area contributed by atoms with Crippen LogP contribution in [0.25, 0.3) is 0 Å². The van der Waals surface area contributed by atoms with Crippen molar-refractivity contribution in [1.29, 1.82) is 0 Å². The van der Waals surface area contributed by atoms with Crippen LogP contribution in [0.1, 0.15) is 59.8 Å². The lowest BCUT2D eigenvalue weighted by Gasteiger charge is -2.54. The second kappa shape index (κ2) is 4.24. The van der Waals surface area contributed by atoms with Crippen LogP contribution >= 0.6 is 0 Å². The minimum absolute atomic E-state index is 0.00826. The first-order chi connectivity index (χ1) is 7.73. The van der Waals surface area contributed by atoms with Crippen LogP contribution in [0.5, 0.6) is 0 Å². The molecule has 0 amide bonds. The minimum atomic E-state index is -0.00826. The van der Waals surface area contributed by atoms with Gasteiger partial charge in [0.05, 0.1) is 6.61 Å². The molecule has 100 valence electrons. The van der Waals surface area contributed by atoms with Crippen LogP contribution < -0.4 is 5.73 Å². The summed E-state index contributed by atoms with van der Waals surface area (Å²) in [6.45, 7) is 11.3. The first-order valence-electron chi connectivity index (χ1n) is 7.09. The summed E-state index contributed by atoms with van der Waals surface area (Å²) in [7, 11) is 0. The molecule has 0 radical (unpaired) electrons. The first kappa shape index (κ1) is 13.4.